The second-order valence-corrected chi connectivity index (χ2v) is 4.65. The molecule has 1 heterocycles. The molecule has 2 fully saturated rings. The van der Waals surface area contributed by atoms with Crippen LogP contribution in [0.1, 0.15) is 24.4 Å². The first-order valence-electron chi connectivity index (χ1n) is 5.83. The summed E-state index contributed by atoms with van der Waals surface area (Å²) in [5.74, 6) is 1.59. The van der Waals surface area contributed by atoms with Gasteiger partial charge in [-0.25, -0.2) is 0 Å². The molecular formula is C13H17NO2. The zero-order chi connectivity index (χ0) is 11.1. The van der Waals surface area contributed by atoms with Crippen molar-refractivity contribution in [1.82, 2.24) is 5.06 Å². The van der Waals surface area contributed by atoms with Gasteiger partial charge in [0.2, 0.25) is 0 Å². The molecule has 1 aromatic rings. The fraction of sp³-hybridized carbons (Fsp3) is 0.538. The first-order chi connectivity index (χ1) is 7.79. The monoisotopic (exact) mass is 219 g/mol. The molecule has 2 aliphatic rings. The van der Waals surface area contributed by atoms with Gasteiger partial charge in [-0.15, -0.1) is 0 Å². The average Bonchev–Trinajstić information content (AvgIpc) is 2.52. The van der Waals surface area contributed by atoms with Crippen LogP contribution >= 0.6 is 0 Å². The van der Waals surface area contributed by atoms with E-state index in [-0.39, 0.29) is 0 Å². The molecule has 16 heavy (non-hydrogen) atoms. The minimum Gasteiger partial charge on any atom is -0.497 e. The summed E-state index contributed by atoms with van der Waals surface area (Å²) in [7, 11) is 3.73. The van der Waals surface area contributed by atoms with Gasteiger partial charge in [0.25, 0.3) is 0 Å². The first kappa shape index (κ1) is 10.1. The number of nitrogens with zero attached hydrogens (tertiary/aromatic N) is 1. The van der Waals surface area contributed by atoms with E-state index in [1.807, 2.05) is 24.2 Å². The molecular weight excluding hydrogens is 202 g/mol. The molecule has 1 saturated heterocycles. The molecule has 1 aliphatic heterocycles. The highest BCUT2D eigenvalue weighted by atomic mass is 16.7. The lowest BCUT2D eigenvalue weighted by Gasteiger charge is -2.30. The maximum Gasteiger partial charge on any atom is 0.118 e. The molecule has 86 valence electrons. The van der Waals surface area contributed by atoms with Crippen molar-refractivity contribution >= 4 is 0 Å². The van der Waals surface area contributed by atoms with Gasteiger partial charge in [-0.05, 0) is 30.5 Å². The maximum atomic E-state index is 5.79. The Hall–Kier alpha value is -1.06. The minimum atomic E-state index is 0.421. The van der Waals surface area contributed by atoms with Crippen molar-refractivity contribution in [2.45, 2.75) is 25.0 Å². The van der Waals surface area contributed by atoms with Crippen LogP contribution in [0.4, 0.5) is 0 Å². The highest BCUT2D eigenvalue weighted by molar-refractivity contribution is 5.30. The summed E-state index contributed by atoms with van der Waals surface area (Å²) >= 11 is 0. The number of hydroxylamine groups is 2. The third-order valence-corrected chi connectivity index (χ3v) is 3.82. The number of hydrogen-bond donors (Lipinski definition) is 0. The van der Waals surface area contributed by atoms with Crippen molar-refractivity contribution < 1.29 is 9.57 Å². The molecule has 0 spiro atoms. The van der Waals surface area contributed by atoms with E-state index in [1.165, 1.54) is 18.4 Å². The summed E-state index contributed by atoms with van der Waals surface area (Å²) in [6, 6.07) is 8.75. The van der Waals surface area contributed by atoms with Gasteiger partial charge >= 0.3 is 0 Å². The Kier molecular flexibility index (Phi) is 2.37. The molecule has 3 atom stereocenters. The van der Waals surface area contributed by atoms with E-state index in [2.05, 4.69) is 12.1 Å². The molecule has 3 nitrogen and oxygen atoms in total. The van der Waals surface area contributed by atoms with Gasteiger partial charge < -0.3 is 4.74 Å². The molecule has 3 rings (SSSR count). The second kappa shape index (κ2) is 3.75. The average molecular weight is 219 g/mol. The van der Waals surface area contributed by atoms with Crippen molar-refractivity contribution in [3.05, 3.63) is 29.8 Å². The van der Waals surface area contributed by atoms with Crippen LogP contribution in [-0.2, 0) is 4.84 Å². The van der Waals surface area contributed by atoms with Crippen molar-refractivity contribution in [1.29, 1.82) is 0 Å². The maximum absolute atomic E-state index is 5.79. The molecule has 0 radical (unpaired) electrons. The Labute approximate surface area is 95.9 Å². The highest BCUT2D eigenvalue weighted by Crippen LogP contribution is 2.48. The van der Waals surface area contributed by atoms with Gasteiger partial charge in [-0.3, -0.25) is 4.84 Å². The first-order valence-corrected chi connectivity index (χ1v) is 5.83. The molecule has 1 saturated carbocycles. The molecule has 0 bridgehead atoms. The van der Waals surface area contributed by atoms with E-state index in [9.17, 15) is 0 Å². The Bertz CT molecular complexity index is 376. The molecule has 0 N–H and O–H groups in total. The van der Waals surface area contributed by atoms with Gasteiger partial charge in [0, 0.05) is 13.0 Å². The Morgan fingerprint density at radius 3 is 2.50 bits per heavy atom. The van der Waals surface area contributed by atoms with Crippen LogP contribution in [0, 0.1) is 5.92 Å². The number of benzene rings is 1. The van der Waals surface area contributed by atoms with Gasteiger partial charge in [0.1, 0.15) is 5.75 Å². The lowest BCUT2D eigenvalue weighted by atomic mass is 9.76. The zero-order valence-corrected chi connectivity index (χ0v) is 9.72. The van der Waals surface area contributed by atoms with Crippen molar-refractivity contribution in [3.8, 4) is 5.75 Å². The smallest absolute Gasteiger partial charge is 0.118 e. The topological polar surface area (TPSA) is 21.7 Å². The Morgan fingerprint density at radius 1 is 1.25 bits per heavy atom. The minimum absolute atomic E-state index is 0.421. The van der Waals surface area contributed by atoms with Crippen LogP contribution < -0.4 is 4.74 Å². The van der Waals surface area contributed by atoms with E-state index >= 15 is 0 Å². The van der Waals surface area contributed by atoms with Crippen molar-refractivity contribution in [2.75, 3.05) is 14.2 Å². The van der Waals surface area contributed by atoms with Crippen LogP contribution in [0.3, 0.4) is 0 Å². The SMILES string of the molecule is COc1ccc([C@@H]2[C@@H]3CC[C@@H]3ON2C)cc1. The summed E-state index contributed by atoms with van der Waals surface area (Å²) in [5, 5.41) is 2.02. The summed E-state index contributed by atoms with van der Waals surface area (Å²) in [6.07, 6.45) is 2.95. The van der Waals surface area contributed by atoms with E-state index in [0.717, 1.165) is 5.75 Å². The van der Waals surface area contributed by atoms with E-state index < -0.39 is 0 Å². The number of fused-ring (bicyclic) bond motifs is 1. The van der Waals surface area contributed by atoms with E-state index in [0.29, 0.717) is 18.1 Å². The number of ether oxygens (including phenoxy) is 1. The fourth-order valence-corrected chi connectivity index (χ4v) is 2.79. The van der Waals surface area contributed by atoms with Crippen LogP contribution in [0.15, 0.2) is 24.3 Å². The molecule has 1 aliphatic carbocycles. The Morgan fingerprint density at radius 2 is 2.00 bits per heavy atom. The van der Waals surface area contributed by atoms with Crippen molar-refractivity contribution in [2.24, 2.45) is 5.92 Å². The lowest BCUT2D eigenvalue weighted by Crippen LogP contribution is -2.30. The van der Waals surface area contributed by atoms with Crippen LogP contribution in [0.2, 0.25) is 0 Å². The normalized spacial score (nSPS) is 33.2. The van der Waals surface area contributed by atoms with Gasteiger partial charge in [-0.1, -0.05) is 12.1 Å². The number of rotatable bonds is 2. The summed E-state index contributed by atoms with van der Waals surface area (Å²) < 4.78 is 5.18. The third-order valence-electron chi connectivity index (χ3n) is 3.82. The summed E-state index contributed by atoms with van der Waals surface area (Å²) in [5.41, 5.74) is 1.33. The predicted octanol–water partition coefficient (Wildman–Crippen LogP) is 2.39. The predicted molar refractivity (Wildman–Crippen MR) is 61.1 cm³/mol. The largest absolute Gasteiger partial charge is 0.497 e. The second-order valence-electron chi connectivity index (χ2n) is 4.65. The van der Waals surface area contributed by atoms with Crippen LogP contribution in [-0.4, -0.2) is 25.3 Å². The third kappa shape index (κ3) is 1.43. The molecule has 0 amide bonds. The van der Waals surface area contributed by atoms with Gasteiger partial charge in [0.15, 0.2) is 0 Å². The Balaban J connectivity index is 1.85. The van der Waals surface area contributed by atoms with Gasteiger partial charge in [0.05, 0.1) is 19.3 Å². The molecule has 0 aromatic heterocycles. The summed E-state index contributed by atoms with van der Waals surface area (Å²) in [6.45, 7) is 0. The van der Waals surface area contributed by atoms with Gasteiger partial charge in [-0.2, -0.15) is 5.06 Å². The standard InChI is InChI=1S/C13H17NO2/c1-14-13(11-7-8-12(11)16-14)9-3-5-10(15-2)6-4-9/h3-6,11-13H,7-8H2,1-2H3/t11-,12+,13-/m1/s1. The lowest BCUT2D eigenvalue weighted by molar-refractivity contribution is -0.152. The van der Waals surface area contributed by atoms with E-state index in [4.69, 9.17) is 9.57 Å². The highest BCUT2D eigenvalue weighted by Gasteiger charge is 2.47. The number of hydrogen-bond acceptors (Lipinski definition) is 3. The van der Waals surface area contributed by atoms with Crippen LogP contribution in [0.25, 0.3) is 0 Å². The zero-order valence-electron chi connectivity index (χ0n) is 9.72. The quantitative estimate of drug-likeness (QED) is 0.762. The molecule has 0 unspecified atom stereocenters. The summed E-state index contributed by atoms with van der Waals surface area (Å²) in [4.78, 5) is 5.79. The number of methoxy groups -OCH3 is 1. The fourth-order valence-electron chi connectivity index (χ4n) is 2.79. The molecule has 3 heteroatoms. The van der Waals surface area contributed by atoms with Crippen LogP contribution in [0.5, 0.6) is 5.75 Å². The van der Waals surface area contributed by atoms with E-state index in [1.54, 1.807) is 7.11 Å². The molecule has 1 aromatic carbocycles. The van der Waals surface area contributed by atoms with Crippen molar-refractivity contribution in [3.63, 3.8) is 0 Å².